The third kappa shape index (κ3) is 2.49. The maximum atomic E-state index is 12.0. The topological polar surface area (TPSA) is 66.6 Å². The Balaban J connectivity index is 2.13. The molecule has 0 unspecified atom stereocenters. The highest BCUT2D eigenvalue weighted by molar-refractivity contribution is 5.92. The van der Waals surface area contributed by atoms with E-state index in [-0.39, 0.29) is 11.3 Å². The van der Waals surface area contributed by atoms with Crippen LogP contribution in [0.25, 0.3) is 0 Å². The van der Waals surface area contributed by atoms with Gasteiger partial charge in [-0.25, -0.2) is 0 Å². The second-order valence-electron chi connectivity index (χ2n) is 5.52. The van der Waals surface area contributed by atoms with Crippen LogP contribution in [-0.4, -0.2) is 40.3 Å². The molecule has 0 aromatic carbocycles. The lowest BCUT2D eigenvalue weighted by molar-refractivity contribution is 0.0754. The van der Waals surface area contributed by atoms with E-state index in [2.05, 4.69) is 5.16 Å². The monoisotopic (exact) mass is 238 g/mol. The van der Waals surface area contributed by atoms with Crippen LogP contribution >= 0.6 is 0 Å². The Morgan fingerprint density at radius 2 is 2.29 bits per heavy atom. The summed E-state index contributed by atoms with van der Waals surface area (Å²) in [6, 6.07) is 1.69. The summed E-state index contributed by atoms with van der Waals surface area (Å²) >= 11 is 0. The Morgan fingerprint density at radius 1 is 1.59 bits per heavy atom. The molecule has 1 fully saturated rings. The molecule has 17 heavy (non-hydrogen) atoms. The van der Waals surface area contributed by atoms with E-state index in [1.807, 2.05) is 20.8 Å². The van der Waals surface area contributed by atoms with E-state index < -0.39 is 6.10 Å². The lowest BCUT2D eigenvalue weighted by Crippen LogP contribution is -2.29. The molecule has 1 aromatic heterocycles. The Kier molecular flexibility index (Phi) is 2.95. The molecule has 1 amide bonds. The van der Waals surface area contributed by atoms with Gasteiger partial charge in [0, 0.05) is 24.6 Å². The standard InChI is InChI=1S/C12H18N2O3/c1-12(2,3)10-6-9(13-17-10)11(16)14-5-4-8(15)7-14/h6,8,15H,4-5,7H2,1-3H3/t8-/m1/s1. The van der Waals surface area contributed by atoms with E-state index in [9.17, 15) is 9.90 Å². The Hall–Kier alpha value is -1.36. The summed E-state index contributed by atoms with van der Waals surface area (Å²) in [4.78, 5) is 13.6. The number of likely N-dealkylation sites (tertiary alicyclic amines) is 1. The number of carbonyl (C=O) groups excluding carboxylic acids is 1. The van der Waals surface area contributed by atoms with E-state index in [0.29, 0.717) is 31.0 Å². The van der Waals surface area contributed by atoms with Crippen molar-refractivity contribution < 1.29 is 14.4 Å². The van der Waals surface area contributed by atoms with Gasteiger partial charge in [0.1, 0.15) is 5.76 Å². The first-order chi connectivity index (χ1) is 7.88. The van der Waals surface area contributed by atoms with Crippen LogP contribution in [0.2, 0.25) is 0 Å². The van der Waals surface area contributed by atoms with Crippen molar-refractivity contribution in [2.75, 3.05) is 13.1 Å². The minimum atomic E-state index is -0.409. The average Bonchev–Trinajstić information content (AvgIpc) is 2.83. The lowest BCUT2D eigenvalue weighted by atomic mass is 9.93. The van der Waals surface area contributed by atoms with Crippen molar-refractivity contribution in [2.24, 2.45) is 0 Å². The summed E-state index contributed by atoms with van der Waals surface area (Å²) in [5, 5.41) is 13.2. The molecule has 0 aliphatic carbocycles. The van der Waals surface area contributed by atoms with Gasteiger partial charge in [-0.1, -0.05) is 25.9 Å². The number of nitrogens with zero attached hydrogens (tertiary/aromatic N) is 2. The van der Waals surface area contributed by atoms with Crippen LogP contribution in [0.3, 0.4) is 0 Å². The molecule has 94 valence electrons. The maximum absolute atomic E-state index is 12.0. The number of β-amino-alcohol motifs (C(OH)–C–C–N with tert-alkyl or cyclic N) is 1. The second-order valence-corrected chi connectivity index (χ2v) is 5.52. The molecule has 0 saturated carbocycles. The van der Waals surface area contributed by atoms with Crippen LogP contribution in [0.5, 0.6) is 0 Å². The van der Waals surface area contributed by atoms with Crippen molar-refractivity contribution in [1.82, 2.24) is 10.1 Å². The first-order valence-corrected chi connectivity index (χ1v) is 5.82. The molecule has 1 N–H and O–H groups in total. The molecule has 2 heterocycles. The fourth-order valence-electron chi connectivity index (χ4n) is 1.82. The highest BCUT2D eigenvalue weighted by Crippen LogP contribution is 2.23. The quantitative estimate of drug-likeness (QED) is 0.797. The molecule has 1 atom stereocenters. The summed E-state index contributed by atoms with van der Waals surface area (Å²) in [6.45, 7) is 6.97. The van der Waals surface area contributed by atoms with Crippen LogP contribution in [-0.2, 0) is 5.41 Å². The van der Waals surface area contributed by atoms with E-state index in [1.165, 1.54) is 0 Å². The van der Waals surface area contributed by atoms with Crippen molar-refractivity contribution in [3.05, 3.63) is 17.5 Å². The van der Waals surface area contributed by atoms with Crippen molar-refractivity contribution in [3.63, 3.8) is 0 Å². The zero-order chi connectivity index (χ0) is 12.6. The van der Waals surface area contributed by atoms with Crippen molar-refractivity contribution >= 4 is 5.91 Å². The van der Waals surface area contributed by atoms with Crippen LogP contribution in [0.1, 0.15) is 43.4 Å². The van der Waals surface area contributed by atoms with Gasteiger partial charge in [0.2, 0.25) is 0 Å². The van der Waals surface area contributed by atoms with Gasteiger partial charge in [-0.05, 0) is 6.42 Å². The lowest BCUT2D eigenvalue weighted by Gasteiger charge is -2.13. The number of amides is 1. The van der Waals surface area contributed by atoms with Crippen molar-refractivity contribution in [2.45, 2.75) is 38.7 Å². The van der Waals surface area contributed by atoms with Gasteiger partial charge >= 0.3 is 0 Å². The minimum Gasteiger partial charge on any atom is -0.391 e. The largest absolute Gasteiger partial charge is 0.391 e. The molecule has 0 bridgehead atoms. The Morgan fingerprint density at radius 3 is 2.76 bits per heavy atom. The third-order valence-electron chi connectivity index (χ3n) is 2.92. The van der Waals surface area contributed by atoms with Crippen molar-refractivity contribution in [3.8, 4) is 0 Å². The fourth-order valence-corrected chi connectivity index (χ4v) is 1.82. The predicted molar refractivity (Wildman–Crippen MR) is 61.7 cm³/mol. The van der Waals surface area contributed by atoms with E-state index in [0.717, 1.165) is 0 Å². The summed E-state index contributed by atoms with van der Waals surface area (Å²) < 4.78 is 5.18. The first kappa shape index (κ1) is 12.1. The first-order valence-electron chi connectivity index (χ1n) is 5.82. The number of aromatic nitrogens is 1. The molecule has 0 radical (unpaired) electrons. The summed E-state index contributed by atoms with van der Waals surface area (Å²) in [5.74, 6) is 0.529. The zero-order valence-corrected chi connectivity index (χ0v) is 10.4. The second kappa shape index (κ2) is 4.14. The zero-order valence-electron chi connectivity index (χ0n) is 10.4. The third-order valence-corrected chi connectivity index (χ3v) is 2.92. The predicted octanol–water partition coefficient (Wildman–Crippen LogP) is 1.18. The molecule has 2 rings (SSSR count). The Bertz CT molecular complexity index is 420. The van der Waals surface area contributed by atoms with E-state index in [4.69, 9.17) is 4.52 Å². The summed E-state index contributed by atoms with van der Waals surface area (Å²) in [6.07, 6.45) is 0.225. The number of aliphatic hydroxyl groups excluding tert-OH is 1. The molecule has 1 saturated heterocycles. The summed E-state index contributed by atoms with van der Waals surface area (Å²) in [7, 11) is 0. The van der Waals surface area contributed by atoms with Crippen LogP contribution < -0.4 is 0 Å². The van der Waals surface area contributed by atoms with Gasteiger partial charge in [0.15, 0.2) is 5.69 Å². The van der Waals surface area contributed by atoms with Gasteiger partial charge in [0.05, 0.1) is 6.10 Å². The van der Waals surface area contributed by atoms with Gasteiger partial charge in [-0.15, -0.1) is 0 Å². The molecular weight excluding hydrogens is 220 g/mol. The van der Waals surface area contributed by atoms with Gasteiger partial charge in [-0.2, -0.15) is 0 Å². The highest BCUT2D eigenvalue weighted by atomic mass is 16.5. The summed E-state index contributed by atoms with van der Waals surface area (Å²) in [5.41, 5.74) is 0.166. The molecule has 5 heteroatoms. The molecule has 5 nitrogen and oxygen atoms in total. The number of aliphatic hydroxyl groups is 1. The van der Waals surface area contributed by atoms with Crippen LogP contribution in [0, 0.1) is 0 Å². The van der Waals surface area contributed by atoms with Gasteiger partial charge in [-0.3, -0.25) is 4.79 Å². The van der Waals surface area contributed by atoms with Gasteiger partial charge in [0.25, 0.3) is 5.91 Å². The average molecular weight is 238 g/mol. The maximum Gasteiger partial charge on any atom is 0.276 e. The number of rotatable bonds is 1. The smallest absolute Gasteiger partial charge is 0.276 e. The highest BCUT2D eigenvalue weighted by Gasteiger charge is 2.29. The van der Waals surface area contributed by atoms with Crippen LogP contribution in [0.15, 0.2) is 10.6 Å². The molecule has 1 aliphatic rings. The van der Waals surface area contributed by atoms with E-state index >= 15 is 0 Å². The fraction of sp³-hybridized carbons (Fsp3) is 0.667. The van der Waals surface area contributed by atoms with E-state index in [1.54, 1.807) is 11.0 Å². The number of hydrogen-bond donors (Lipinski definition) is 1. The Labute approximate surface area is 100 Å². The van der Waals surface area contributed by atoms with Crippen LogP contribution in [0.4, 0.5) is 0 Å². The SMILES string of the molecule is CC(C)(C)c1cc(C(=O)N2CC[C@@H](O)C2)no1. The van der Waals surface area contributed by atoms with Gasteiger partial charge < -0.3 is 14.5 Å². The molecular formula is C12H18N2O3. The minimum absolute atomic E-state index is 0.157. The normalized spacial score (nSPS) is 20.9. The van der Waals surface area contributed by atoms with Crippen molar-refractivity contribution in [1.29, 1.82) is 0 Å². The number of hydrogen-bond acceptors (Lipinski definition) is 4. The molecule has 0 spiro atoms. The number of carbonyl (C=O) groups is 1. The molecule has 1 aliphatic heterocycles. The molecule has 1 aromatic rings.